The van der Waals surface area contributed by atoms with Crippen LogP contribution in [0.25, 0.3) is 32.7 Å². The van der Waals surface area contributed by atoms with E-state index < -0.39 is 0 Å². The highest BCUT2D eigenvalue weighted by Crippen LogP contribution is 2.40. The fourth-order valence-corrected chi connectivity index (χ4v) is 5.39. The van der Waals surface area contributed by atoms with Crippen LogP contribution in [-0.4, -0.2) is 0 Å². The summed E-state index contributed by atoms with van der Waals surface area (Å²) in [4.78, 5) is 2.34. The Bertz CT molecular complexity index is 1900. The highest BCUT2D eigenvalue weighted by molar-refractivity contribution is 5.99. The number of nitrogens with one attached hydrogen (secondary N) is 1. The smallest absolute Gasteiger partial charge is 0.0540 e. The number of rotatable bonds is 6. The van der Waals surface area contributed by atoms with E-state index in [4.69, 9.17) is 0 Å². The second-order valence-corrected chi connectivity index (χ2v) is 9.98. The van der Waals surface area contributed by atoms with Crippen LogP contribution in [0.3, 0.4) is 0 Å². The van der Waals surface area contributed by atoms with Gasteiger partial charge >= 0.3 is 0 Å². The largest absolute Gasteiger partial charge is 0.356 e. The van der Waals surface area contributed by atoms with Crippen molar-refractivity contribution < 1.29 is 0 Å². The second kappa shape index (κ2) is 10.4. The van der Waals surface area contributed by atoms with E-state index in [-0.39, 0.29) is 0 Å². The van der Waals surface area contributed by atoms with Crippen molar-refractivity contribution in [3.8, 4) is 11.1 Å². The van der Waals surface area contributed by atoms with Crippen LogP contribution in [0.5, 0.6) is 0 Å². The van der Waals surface area contributed by atoms with Crippen molar-refractivity contribution in [1.29, 1.82) is 0 Å². The van der Waals surface area contributed by atoms with Crippen molar-refractivity contribution in [3.05, 3.63) is 164 Å². The molecule has 2 heteroatoms. The summed E-state index contributed by atoms with van der Waals surface area (Å²) in [7, 11) is 0. The lowest BCUT2D eigenvalue weighted by atomic mass is 10.0. The Balaban J connectivity index is 1.26. The van der Waals surface area contributed by atoms with Gasteiger partial charge in [0.2, 0.25) is 0 Å². The zero-order chi connectivity index (χ0) is 26.7. The summed E-state index contributed by atoms with van der Waals surface area (Å²) in [6.45, 7) is 0. The fraction of sp³-hybridized carbons (Fsp3) is 0. The van der Waals surface area contributed by atoms with Crippen molar-refractivity contribution in [3.63, 3.8) is 0 Å². The summed E-state index contributed by atoms with van der Waals surface area (Å²) in [5, 5.41) is 8.49. The summed E-state index contributed by atoms with van der Waals surface area (Å²) in [5.74, 6) is 0. The predicted molar refractivity (Wildman–Crippen MR) is 171 cm³/mol. The molecule has 0 spiro atoms. The van der Waals surface area contributed by atoms with E-state index >= 15 is 0 Å². The van der Waals surface area contributed by atoms with Gasteiger partial charge in [-0.25, -0.2) is 0 Å². The molecular weight excluding hydrogens is 484 g/mol. The molecular formula is C38H28N2. The molecule has 7 aromatic rings. The number of hydrogen-bond donors (Lipinski definition) is 1. The zero-order valence-corrected chi connectivity index (χ0v) is 22.0. The van der Waals surface area contributed by atoms with Gasteiger partial charge in [0.1, 0.15) is 0 Å². The highest BCUT2D eigenvalue weighted by atomic mass is 15.1. The minimum atomic E-state index is 1.05. The Kier molecular flexibility index (Phi) is 6.20. The van der Waals surface area contributed by atoms with Crippen LogP contribution in [0.4, 0.5) is 28.4 Å². The number of hydrogen-bond acceptors (Lipinski definition) is 2. The van der Waals surface area contributed by atoms with E-state index in [9.17, 15) is 0 Å². The highest BCUT2D eigenvalue weighted by Gasteiger charge is 2.15. The van der Waals surface area contributed by atoms with Gasteiger partial charge in [0.25, 0.3) is 0 Å². The Morgan fingerprint density at radius 1 is 0.375 bits per heavy atom. The van der Waals surface area contributed by atoms with E-state index in [2.05, 4.69) is 174 Å². The SMILES string of the molecule is c1ccc(-c2ccc(N(c3ccc(Nc4ccc5ccccc5c4)cc3)c3cccc4ccccc34)cc2)cc1. The molecule has 190 valence electrons. The molecule has 1 N–H and O–H groups in total. The molecule has 0 unspecified atom stereocenters. The van der Waals surface area contributed by atoms with E-state index in [1.165, 1.54) is 32.7 Å². The molecule has 2 nitrogen and oxygen atoms in total. The third-order valence-corrected chi connectivity index (χ3v) is 7.40. The van der Waals surface area contributed by atoms with E-state index in [1.54, 1.807) is 0 Å². The van der Waals surface area contributed by atoms with Crippen LogP contribution in [0, 0.1) is 0 Å². The van der Waals surface area contributed by atoms with Gasteiger partial charge in [-0.3, -0.25) is 0 Å². The van der Waals surface area contributed by atoms with Crippen LogP contribution in [0.15, 0.2) is 164 Å². The third-order valence-electron chi connectivity index (χ3n) is 7.40. The maximum absolute atomic E-state index is 3.58. The molecule has 0 saturated heterocycles. The molecule has 0 atom stereocenters. The molecule has 0 aromatic heterocycles. The summed E-state index contributed by atoms with van der Waals surface area (Å²) >= 11 is 0. The zero-order valence-electron chi connectivity index (χ0n) is 22.0. The predicted octanol–water partition coefficient (Wildman–Crippen LogP) is 10.9. The van der Waals surface area contributed by atoms with Gasteiger partial charge in [-0.2, -0.15) is 0 Å². The minimum Gasteiger partial charge on any atom is -0.356 e. The molecule has 0 saturated carbocycles. The lowest BCUT2D eigenvalue weighted by Gasteiger charge is -2.27. The molecule has 40 heavy (non-hydrogen) atoms. The fourth-order valence-electron chi connectivity index (χ4n) is 5.39. The van der Waals surface area contributed by atoms with Crippen LogP contribution in [0.1, 0.15) is 0 Å². The summed E-state index contributed by atoms with van der Waals surface area (Å²) < 4.78 is 0. The molecule has 0 heterocycles. The first-order valence-electron chi connectivity index (χ1n) is 13.6. The summed E-state index contributed by atoms with van der Waals surface area (Å²) in [6, 6.07) is 58.1. The van der Waals surface area contributed by atoms with Crippen LogP contribution < -0.4 is 10.2 Å². The van der Waals surface area contributed by atoms with Crippen LogP contribution >= 0.6 is 0 Å². The van der Waals surface area contributed by atoms with Gasteiger partial charge in [0.15, 0.2) is 0 Å². The average molecular weight is 513 g/mol. The van der Waals surface area contributed by atoms with Gasteiger partial charge in [0.05, 0.1) is 5.69 Å². The van der Waals surface area contributed by atoms with Crippen molar-refractivity contribution in [2.45, 2.75) is 0 Å². The molecule has 0 aliphatic rings. The molecule has 0 amide bonds. The Morgan fingerprint density at radius 2 is 0.950 bits per heavy atom. The summed E-state index contributed by atoms with van der Waals surface area (Å²) in [5.41, 5.74) is 7.93. The molecule has 0 bridgehead atoms. The Hall–Kier alpha value is -5.34. The minimum absolute atomic E-state index is 1.05. The molecule has 7 rings (SSSR count). The van der Waals surface area contributed by atoms with Gasteiger partial charge in [-0.1, -0.05) is 109 Å². The van der Waals surface area contributed by atoms with Crippen LogP contribution in [-0.2, 0) is 0 Å². The Morgan fingerprint density at radius 3 is 1.73 bits per heavy atom. The standard InChI is InChI=1S/C38H28N2/c1-2-9-28(10-3-1)30-18-23-35(24-19-30)40(38-16-8-14-31-12-6-7-15-37(31)38)36-25-21-33(22-26-36)39-34-20-17-29-11-4-5-13-32(29)27-34/h1-27,39H. The number of nitrogens with zero attached hydrogens (tertiary/aromatic N) is 1. The number of benzene rings is 7. The average Bonchev–Trinajstić information content (AvgIpc) is 3.03. The maximum atomic E-state index is 3.58. The molecule has 7 aromatic carbocycles. The topological polar surface area (TPSA) is 15.3 Å². The van der Waals surface area contributed by atoms with Gasteiger partial charge in [-0.05, 0) is 81.9 Å². The van der Waals surface area contributed by atoms with Crippen molar-refractivity contribution >= 4 is 50.0 Å². The van der Waals surface area contributed by atoms with Crippen molar-refractivity contribution in [2.75, 3.05) is 10.2 Å². The van der Waals surface area contributed by atoms with E-state index in [0.717, 1.165) is 28.4 Å². The Labute approximate surface area is 234 Å². The van der Waals surface area contributed by atoms with Crippen LogP contribution in [0.2, 0.25) is 0 Å². The summed E-state index contributed by atoms with van der Waals surface area (Å²) in [6.07, 6.45) is 0. The number of fused-ring (bicyclic) bond motifs is 2. The molecule has 0 fully saturated rings. The third kappa shape index (κ3) is 4.68. The monoisotopic (exact) mass is 512 g/mol. The lowest BCUT2D eigenvalue weighted by molar-refractivity contribution is 1.30. The van der Waals surface area contributed by atoms with Gasteiger partial charge in [-0.15, -0.1) is 0 Å². The number of anilines is 5. The normalized spacial score (nSPS) is 11.0. The first-order valence-corrected chi connectivity index (χ1v) is 13.6. The molecule has 0 aliphatic carbocycles. The van der Waals surface area contributed by atoms with E-state index in [0.29, 0.717) is 0 Å². The van der Waals surface area contributed by atoms with Gasteiger partial charge in [0, 0.05) is 28.1 Å². The molecule has 0 aliphatic heterocycles. The van der Waals surface area contributed by atoms with Crippen molar-refractivity contribution in [2.24, 2.45) is 0 Å². The molecule has 0 radical (unpaired) electrons. The lowest BCUT2D eigenvalue weighted by Crippen LogP contribution is -2.10. The maximum Gasteiger partial charge on any atom is 0.0540 e. The van der Waals surface area contributed by atoms with Crippen molar-refractivity contribution in [1.82, 2.24) is 0 Å². The second-order valence-electron chi connectivity index (χ2n) is 9.98. The first-order chi connectivity index (χ1) is 19.8. The quantitative estimate of drug-likeness (QED) is 0.238. The van der Waals surface area contributed by atoms with Gasteiger partial charge < -0.3 is 10.2 Å². The van der Waals surface area contributed by atoms with E-state index in [1.807, 2.05) is 0 Å². The first kappa shape index (κ1) is 23.8.